The maximum atomic E-state index is 12.7. The number of sulfone groups is 1. The Morgan fingerprint density at radius 1 is 0.846 bits per heavy atom. The maximum absolute atomic E-state index is 12.7. The lowest BCUT2D eigenvalue weighted by molar-refractivity contribution is 0.415. The first-order valence-electron chi connectivity index (χ1n) is 7.81. The number of hydrogen-bond donors (Lipinski definition) is 3. The number of hydrogen-bond acceptors (Lipinski definition) is 6. The highest BCUT2D eigenvalue weighted by Gasteiger charge is 2.18. The van der Waals surface area contributed by atoms with Gasteiger partial charge in [0.05, 0.1) is 28.3 Å². The van der Waals surface area contributed by atoms with E-state index in [9.17, 15) is 8.42 Å². The third-order valence-electron chi connectivity index (χ3n) is 3.89. The van der Waals surface area contributed by atoms with Crippen molar-refractivity contribution < 1.29 is 13.2 Å². The van der Waals surface area contributed by atoms with Crippen molar-refractivity contribution in [3.8, 4) is 5.75 Å². The van der Waals surface area contributed by atoms with Gasteiger partial charge in [-0.05, 0) is 66.7 Å². The number of nitrogens with two attached hydrogens (primary N) is 2. The van der Waals surface area contributed by atoms with Crippen LogP contribution in [0.25, 0.3) is 0 Å². The molecule has 0 heterocycles. The van der Waals surface area contributed by atoms with Crippen molar-refractivity contribution in [2.75, 3.05) is 23.9 Å². The van der Waals surface area contributed by atoms with Gasteiger partial charge in [0.25, 0.3) is 0 Å². The van der Waals surface area contributed by atoms with Gasteiger partial charge in [0, 0.05) is 11.4 Å². The molecule has 0 aromatic heterocycles. The molecule has 0 aliphatic carbocycles. The molecule has 7 heteroatoms. The normalized spacial score (nSPS) is 11.1. The average Bonchev–Trinajstić information content (AvgIpc) is 2.64. The van der Waals surface area contributed by atoms with Gasteiger partial charge in [0.1, 0.15) is 5.75 Å². The van der Waals surface area contributed by atoms with E-state index in [4.69, 9.17) is 16.2 Å². The second-order valence-electron chi connectivity index (χ2n) is 5.68. The second-order valence-corrected chi connectivity index (χ2v) is 7.62. The quantitative estimate of drug-likeness (QED) is 0.595. The molecule has 134 valence electrons. The third kappa shape index (κ3) is 3.57. The third-order valence-corrected chi connectivity index (χ3v) is 5.66. The first-order valence-corrected chi connectivity index (χ1v) is 9.30. The second kappa shape index (κ2) is 6.97. The predicted octanol–water partition coefficient (Wildman–Crippen LogP) is 3.44. The first kappa shape index (κ1) is 17.6. The van der Waals surface area contributed by atoms with Crippen molar-refractivity contribution >= 4 is 32.6 Å². The van der Waals surface area contributed by atoms with Gasteiger partial charge in [0.2, 0.25) is 9.84 Å². The fourth-order valence-electron chi connectivity index (χ4n) is 2.43. The summed E-state index contributed by atoms with van der Waals surface area (Å²) in [6, 6.07) is 18.0. The van der Waals surface area contributed by atoms with Crippen LogP contribution in [0.5, 0.6) is 5.75 Å². The molecule has 3 aromatic rings. The summed E-state index contributed by atoms with van der Waals surface area (Å²) in [7, 11) is -2.06. The number of methoxy groups -OCH3 is 1. The molecular formula is C19H19N3O3S. The SMILES string of the molecule is COc1ccc(Nc2ccc(S(=O)(=O)c3ccc(N)cc3)cc2N)cc1. The fourth-order valence-corrected chi connectivity index (χ4v) is 3.73. The highest BCUT2D eigenvalue weighted by atomic mass is 32.2. The van der Waals surface area contributed by atoms with Crippen LogP contribution < -0.4 is 21.5 Å². The van der Waals surface area contributed by atoms with E-state index in [0.717, 1.165) is 11.4 Å². The van der Waals surface area contributed by atoms with E-state index in [-0.39, 0.29) is 9.79 Å². The lowest BCUT2D eigenvalue weighted by Gasteiger charge is -2.12. The summed E-state index contributed by atoms with van der Waals surface area (Å²) in [5.74, 6) is 0.744. The number of benzene rings is 3. The Bertz CT molecular complexity index is 1010. The van der Waals surface area contributed by atoms with Crippen LogP contribution in [0.3, 0.4) is 0 Å². The van der Waals surface area contributed by atoms with E-state index in [1.807, 2.05) is 24.3 Å². The molecule has 0 amide bonds. The van der Waals surface area contributed by atoms with E-state index < -0.39 is 9.84 Å². The van der Waals surface area contributed by atoms with Gasteiger partial charge in [-0.25, -0.2) is 8.42 Å². The molecule has 5 N–H and O–H groups in total. The smallest absolute Gasteiger partial charge is 0.206 e. The van der Waals surface area contributed by atoms with Crippen molar-refractivity contribution in [3.05, 3.63) is 66.7 Å². The van der Waals surface area contributed by atoms with Gasteiger partial charge < -0.3 is 21.5 Å². The van der Waals surface area contributed by atoms with Gasteiger partial charge in [-0.2, -0.15) is 0 Å². The Kier molecular flexibility index (Phi) is 4.73. The molecule has 0 unspecified atom stereocenters. The van der Waals surface area contributed by atoms with Gasteiger partial charge >= 0.3 is 0 Å². The largest absolute Gasteiger partial charge is 0.497 e. The van der Waals surface area contributed by atoms with E-state index in [2.05, 4.69) is 5.32 Å². The number of ether oxygens (including phenoxy) is 1. The Morgan fingerprint density at radius 3 is 2.04 bits per heavy atom. The first-order chi connectivity index (χ1) is 12.4. The maximum Gasteiger partial charge on any atom is 0.206 e. The molecule has 26 heavy (non-hydrogen) atoms. The molecule has 0 fully saturated rings. The Morgan fingerprint density at radius 2 is 1.46 bits per heavy atom. The van der Waals surface area contributed by atoms with Gasteiger partial charge in [-0.3, -0.25) is 0 Å². The molecular weight excluding hydrogens is 350 g/mol. The molecule has 0 bridgehead atoms. The summed E-state index contributed by atoms with van der Waals surface area (Å²) >= 11 is 0. The van der Waals surface area contributed by atoms with E-state index in [1.165, 1.54) is 24.3 Å². The zero-order valence-corrected chi connectivity index (χ0v) is 15.0. The minimum Gasteiger partial charge on any atom is -0.497 e. The number of nitrogens with one attached hydrogen (secondary N) is 1. The van der Waals surface area contributed by atoms with Gasteiger partial charge in [-0.1, -0.05) is 0 Å². The van der Waals surface area contributed by atoms with Crippen molar-refractivity contribution in [2.45, 2.75) is 9.79 Å². The summed E-state index contributed by atoms with van der Waals surface area (Å²) in [6.07, 6.45) is 0. The van der Waals surface area contributed by atoms with E-state index >= 15 is 0 Å². The molecule has 3 aromatic carbocycles. The van der Waals surface area contributed by atoms with Crippen molar-refractivity contribution in [3.63, 3.8) is 0 Å². The van der Waals surface area contributed by atoms with Gasteiger partial charge in [-0.15, -0.1) is 0 Å². The van der Waals surface area contributed by atoms with Crippen LogP contribution in [0.4, 0.5) is 22.7 Å². The molecule has 0 radical (unpaired) electrons. The van der Waals surface area contributed by atoms with Crippen molar-refractivity contribution in [1.82, 2.24) is 0 Å². The average molecular weight is 369 g/mol. The summed E-state index contributed by atoms with van der Waals surface area (Å²) in [4.78, 5) is 0.294. The minimum absolute atomic E-state index is 0.125. The van der Waals surface area contributed by atoms with Crippen LogP contribution in [0.15, 0.2) is 76.5 Å². The standard InChI is InChI=1S/C19H19N3O3S/c1-25-15-6-4-14(5-7-15)22-19-11-10-17(12-18(19)21)26(23,24)16-8-2-13(20)3-9-16/h2-12,22H,20-21H2,1H3. The molecule has 0 aliphatic rings. The monoisotopic (exact) mass is 369 g/mol. The van der Waals surface area contributed by atoms with Crippen LogP contribution in [0, 0.1) is 0 Å². The number of anilines is 4. The lowest BCUT2D eigenvalue weighted by atomic mass is 10.2. The van der Waals surface area contributed by atoms with Crippen LogP contribution in [0.1, 0.15) is 0 Å². The predicted molar refractivity (Wildman–Crippen MR) is 103 cm³/mol. The van der Waals surface area contributed by atoms with Crippen LogP contribution in [-0.4, -0.2) is 15.5 Å². The highest BCUT2D eigenvalue weighted by Crippen LogP contribution is 2.29. The highest BCUT2D eigenvalue weighted by molar-refractivity contribution is 7.91. The van der Waals surface area contributed by atoms with E-state index in [1.54, 1.807) is 25.3 Å². The lowest BCUT2D eigenvalue weighted by Crippen LogP contribution is -2.04. The van der Waals surface area contributed by atoms with E-state index in [0.29, 0.717) is 17.1 Å². The Hall–Kier alpha value is -3.19. The fraction of sp³-hybridized carbons (Fsp3) is 0.0526. The zero-order valence-electron chi connectivity index (χ0n) is 14.1. The summed E-state index contributed by atoms with van der Waals surface area (Å²) in [6.45, 7) is 0. The van der Waals surface area contributed by atoms with Crippen LogP contribution >= 0.6 is 0 Å². The van der Waals surface area contributed by atoms with Gasteiger partial charge in [0.15, 0.2) is 0 Å². The van der Waals surface area contributed by atoms with Crippen molar-refractivity contribution in [2.24, 2.45) is 0 Å². The molecule has 0 atom stereocenters. The molecule has 3 rings (SSSR count). The zero-order chi connectivity index (χ0) is 18.7. The molecule has 6 nitrogen and oxygen atoms in total. The van der Waals surface area contributed by atoms with Crippen LogP contribution in [-0.2, 0) is 9.84 Å². The Labute approximate surface area is 152 Å². The molecule has 0 spiro atoms. The molecule has 0 aliphatic heterocycles. The topological polar surface area (TPSA) is 107 Å². The van der Waals surface area contributed by atoms with Crippen LogP contribution in [0.2, 0.25) is 0 Å². The number of nitrogen functional groups attached to an aromatic ring is 2. The Balaban J connectivity index is 1.87. The summed E-state index contributed by atoms with van der Waals surface area (Å²) in [5.41, 5.74) is 13.9. The molecule has 0 saturated carbocycles. The number of rotatable bonds is 5. The summed E-state index contributed by atoms with van der Waals surface area (Å²) in [5, 5.41) is 3.16. The molecule has 0 saturated heterocycles. The minimum atomic E-state index is -3.66. The summed E-state index contributed by atoms with van der Waals surface area (Å²) < 4.78 is 30.5. The van der Waals surface area contributed by atoms with Crippen molar-refractivity contribution in [1.29, 1.82) is 0 Å².